The number of amides is 1. The highest BCUT2D eigenvalue weighted by Gasteiger charge is 2.25. The van der Waals surface area contributed by atoms with Gasteiger partial charge in [-0.05, 0) is 18.1 Å². The van der Waals surface area contributed by atoms with Gasteiger partial charge in [-0.25, -0.2) is 9.78 Å². The number of rotatable bonds is 7. The van der Waals surface area contributed by atoms with Crippen LogP contribution in [0.1, 0.15) is 43.4 Å². The number of hydrogen-bond acceptors (Lipinski definition) is 4. The Bertz CT molecular complexity index is 709. The number of aryl methyl sites for hydroxylation is 1. The number of carboxylic acid groups (broad SMARTS) is 1. The Morgan fingerprint density at radius 3 is 2.42 bits per heavy atom. The third-order valence-electron chi connectivity index (χ3n) is 4.04. The Labute approximate surface area is 140 Å². The molecule has 2 aromatic rings. The normalized spacial score (nSPS) is 13.3. The SMILES string of the molecule is CCc1nc(-c2ccc(C(=O)N[C@H](C(=O)O)[C@@H](C)CC)cc2)n[nH]1. The van der Waals surface area contributed by atoms with Crippen molar-refractivity contribution in [1.82, 2.24) is 20.5 Å². The molecule has 2 atom stereocenters. The molecule has 1 amide bonds. The van der Waals surface area contributed by atoms with Gasteiger partial charge >= 0.3 is 5.97 Å². The van der Waals surface area contributed by atoms with Gasteiger partial charge in [-0.3, -0.25) is 9.89 Å². The van der Waals surface area contributed by atoms with Crippen LogP contribution in [0.3, 0.4) is 0 Å². The lowest BCUT2D eigenvalue weighted by Gasteiger charge is -2.20. The summed E-state index contributed by atoms with van der Waals surface area (Å²) in [7, 11) is 0. The largest absolute Gasteiger partial charge is 0.480 e. The average molecular weight is 330 g/mol. The van der Waals surface area contributed by atoms with Crippen LogP contribution in [0.15, 0.2) is 24.3 Å². The number of H-pyrrole nitrogens is 1. The lowest BCUT2D eigenvalue weighted by molar-refractivity contribution is -0.140. The number of nitrogens with zero attached hydrogens (tertiary/aromatic N) is 2. The lowest BCUT2D eigenvalue weighted by Crippen LogP contribution is -2.45. The van der Waals surface area contributed by atoms with Crippen molar-refractivity contribution >= 4 is 11.9 Å². The van der Waals surface area contributed by atoms with E-state index in [1.54, 1.807) is 31.2 Å². The lowest BCUT2D eigenvalue weighted by atomic mass is 9.99. The van der Waals surface area contributed by atoms with Gasteiger partial charge in [0.25, 0.3) is 5.91 Å². The predicted molar refractivity (Wildman–Crippen MR) is 89.5 cm³/mol. The zero-order valence-electron chi connectivity index (χ0n) is 14.0. The number of aromatic nitrogens is 3. The number of carboxylic acids is 1. The van der Waals surface area contributed by atoms with Gasteiger partial charge in [0.15, 0.2) is 5.82 Å². The molecule has 0 aliphatic heterocycles. The molecule has 0 bridgehead atoms. The Morgan fingerprint density at radius 1 is 1.25 bits per heavy atom. The smallest absolute Gasteiger partial charge is 0.326 e. The molecule has 0 fully saturated rings. The van der Waals surface area contributed by atoms with Gasteiger partial charge in [-0.15, -0.1) is 0 Å². The topological polar surface area (TPSA) is 108 Å². The predicted octanol–water partition coefficient (Wildman–Crippen LogP) is 2.26. The first kappa shape index (κ1) is 17.7. The Hall–Kier alpha value is -2.70. The fourth-order valence-corrected chi connectivity index (χ4v) is 2.26. The zero-order chi connectivity index (χ0) is 17.7. The summed E-state index contributed by atoms with van der Waals surface area (Å²) < 4.78 is 0. The number of hydrogen-bond donors (Lipinski definition) is 3. The fraction of sp³-hybridized carbons (Fsp3) is 0.412. The summed E-state index contributed by atoms with van der Waals surface area (Å²) in [4.78, 5) is 27.9. The molecule has 0 aliphatic carbocycles. The number of aliphatic carboxylic acids is 1. The fourth-order valence-electron chi connectivity index (χ4n) is 2.26. The van der Waals surface area contributed by atoms with E-state index in [4.69, 9.17) is 0 Å². The molecule has 128 valence electrons. The number of carbonyl (C=O) groups excluding carboxylic acids is 1. The number of aromatic amines is 1. The third-order valence-corrected chi connectivity index (χ3v) is 4.04. The quantitative estimate of drug-likeness (QED) is 0.721. The van der Waals surface area contributed by atoms with Crippen molar-refractivity contribution in [2.24, 2.45) is 5.92 Å². The molecule has 2 rings (SSSR count). The van der Waals surface area contributed by atoms with Crippen molar-refractivity contribution in [3.63, 3.8) is 0 Å². The summed E-state index contributed by atoms with van der Waals surface area (Å²) in [6.45, 7) is 5.67. The van der Waals surface area contributed by atoms with Crippen molar-refractivity contribution < 1.29 is 14.7 Å². The first-order valence-electron chi connectivity index (χ1n) is 8.01. The van der Waals surface area contributed by atoms with Crippen LogP contribution in [-0.4, -0.2) is 38.2 Å². The van der Waals surface area contributed by atoms with Crippen LogP contribution in [0.2, 0.25) is 0 Å². The Balaban J connectivity index is 2.11. The summed E-state index contributed by atoms with van der Waals surface area (Å²) in [5.41, 5.74) is 1.19. The first-order valence-corrected chi connectivity index (χ1v) is 8.01. The molecule has 0 aliphatic rings. The van der Waals surface area contributed by atoms with E-state index in [1.807, 2.05) is 13.8 Å². The molecule has 1 aromatic carbocycles. The number of benzene rings is 1. The van der Waals surface area contributed by atoms with Crippen LogP contribution in [0, 0.1) is 5.92 Å². The highest BCUT2D eigenvalue weighted by molar-refractivity contribution is 5.97. The summed E-state index contributed by atoms with van der Waals surface area (Å²) in [6.07, 6.45) is 1.43. The van der Waals surface area contributed by atoms with Gasteiger partial charge in [-0.1, -0.05) is 39.3 Å². The van der Waals surface area contributed by atoms with Gasteiger partial charge in [0.1, 0.15) is 11.9 Å². The van der Waals surface area contributed by atoms with Gasteiger partial charge in [0.2, 0.25) is 0 Å². The van der Waals surface area contributed by atoms with Crippen LogP contribution >= 0.6 is 0 Å². The molecular weight excluding hydrogens is 308 g/mol. The summed E-state index contributed by atoms with van der Waals surface area (Å²) in [6, 6.07) is 5.87. The highest BCUT2D eigenvalue weighted by Crippen LogP contribution is 2.16. The summed E-state index contributed by atoms with van der Waals surface area (Å²) in [5, 5.41) is 18.8. The van der Waals surface area contributed by atoms with E-state index < -0.39 is 17.9 Å². The minimum absolute atomic E-state index is 0.147. The molecule has 0 radical (unpaired) electrons. The molecule has 0 saturated heterocycles. The van der Waals surface area contributed by atoms with E-state index in [0.717, 1.165) is 17.8 Å². The van der Waals surface area contributed by atoms with Crippen LogP contribution in [0.5, 0.6) is 0 Å². The Morgan fingerprint density at radius 2 is 1.92 bits per heavy atom. The molecule has 24 heavy (non-hydrogen) atoms. The molecule has 1 aromatic heterocycles. The second-order valence-electron chi connectivity index (χ2n) is 5.71. The van der Waals surface area contributed by atoms with Crippen LogP contribution < -0.4 is 5.32 Å². The minimum Gasteiger partial charge on any atom is -0.480 e. The highest BCUT2D eigenvalue weighted by atomic mass is 16.4. The zero-order valence-corrected chi connectivity index (χ0v) is 14.0. The second-order valence-corrected chi connectivity index (χ2v) is 5.71. The molecule has 0 spiro atoms. The molecule has 7 heteroatoms. The van der Waals surface area contributed by atoms with E-state index in [-0.39, 0.29) is 5.92 Å². The maximum atomic E-state index is 12.3. The van der Waals surface area contributed by atoms with Gasteiger partial charge < -0.3 is 10.4 Å². The molecular formula is C17H22N4O3. The molecule has 7 nitrogen and oxygen atoms in total. The van der Waals surface area contributed by atoms with Crippen LogP contribution in [0.25, 0.3) is 11.4 Å². The van der Waals surface area contributed by atoms with Crippen molar-refractivity contribution in [3.8, 4) is 11.4 Å². The van der Waals surface area contributed by atoms with Crippen LogP contribution in [0.4, 0.5) is 0 Å². The van der Waals surface area contributed by atoms with E-state index in [0.29, 0.717) is 17.8 Å². The van der Waals surface area contributed by atoms with Gasteiger partial charge in [0, 0.05) is 17.5 Å². The van der Waals surface area contributed by atoms with E-state index >= 15 is 0 Å². The van der Waals surface area contributed by atoms with Crippen molar-refractivity contribution in [2.45, 2.75) is 39.7 Å². The first-order chi connectivity index (χ1) is 11.5. The maximum absolute atomic E-state index is 12.3. The van der Waals surface area contributed by atoms with E-state index in [9.17, 15) is 14.7 Å². The second kappa shape index (κ2) is 7.72. The van der Waals surface area contributed by atoms with Crippen molar-refractivity contribution in [1.29, 1.82) is 0 Å². The van der Waals surface area contributed by atoms with E-state index in [1.165, 1.54) is 0 Å². The number of nitrogens with one attached hydrogen (secondary N) is 2. The average Bonchev–Trinajstić information content (AvgIpc) is 3.07. The maximum Gasteiger partial charge on any atom is 0.326 e. The van der Waals surface area contributed by atoms with Crippen molar-refractivity contribution in [2.75, 3.05) is 0 Å². The molecule has 3 N–H and O–H groups in total. The standard InChI is InChI=1S/C17H22N4O3/c1-4-10(3)14(17(23)24)19-16(22)12-8-6-11(7-9-12)15-18-13(5-2)20-21-15/h6-10,14H,4-5H2,1-3H3,(H,19,22)(H,23,24)(H,18,20,21)/t10-,14-/m0/s1. The van der Waals surface area contributed by atoms with Gasteiger partial charge in [0.05, 0.1) is 0 Å². The summed E-state index contributed by atoms with van der Waals surface area (Å²) >= 11 is 0. The molecule has 0 saturated carbocycles. The van der Waals surface area contributed by atoms with E-state index in [2.05, 4.69) is 20.5 Å². The minimum atomic E-state index is -1.03. The summed E-state index contributed by atoms with van der Waals surface area (Å²) in [5.74, 6) is -0.210. The van der Waals surface area contributed by atoms with Gasteiger partial charge in [-0.2, -0.15) is 5.10 Å². The molecule has 0 unspecified atom stereocenters. The number of carbonyl (C=O) groups is 2. The Kier molecular flexibility index (Phi) is 5.68. The van der Waals surface area contributed by atoms with Crippen molar-refractivity contribution in [3.05, 3.63) is 35.7 Å². The monoisotopic (exact) mass is 330 g/mol. The van der Waals surface area contributed by atoms with Crippen LogP contribution in [-0.2, 0) is 11.2 Å². The molecule has 1 heterocycles. The third kappa shape index (κ3) is 3.98.